The number of carbonyl (C=O) groups is 2. The predicted octanol–water partition coefficient (Wildman–Crippen LogP) is 2.87. The van der Waals surface area contributed by atoms with Gasteiger partial charge in [-0.2, -0.15) is 0 Å². The van der Waals surface area contributed by atoms with Crippen LogP contribution in [0, 0.1) is 5.92 Å². The smallest absolute Gasteiger partial charge is 0.241 e. The number of hydrogen-bond acceptors (Lipinski definition) is 6. The highest BCUT2D eigenvalue weighted by atomic mass is 35.5. The third-order valence-electron chi connectivity index (χ3n) is 8.25. The van der Waals surface area contributed by atoms with Gasteiger partial charge >= 0.3 is 0 Å². The number of Topliss-reactive ketones (excluding diaryl/α,β-unsaturated/α-hetero) is 1. The van der Waals surface area contributed by atoms with Gasteiger partial charge in [0.05, 0.1) is 18.2 Å². The summed E-state index contributed by atoms with van der Waals surface area (Å²) in [6.45, 7) is 3.68. The second kappa shape index (κ2) is 10.3. The van der Waals surface area contributed by atoms with Gasteiger partial charge in [-0.25, -0.2) is 12.7 Å². The van der Waals surface area contributed by atoms with Gasteiger partial charge in [0.1, 0.15) is 5.54 Å². The molecule has 0 radical (unpaired) electrons. The molecule has 4 aliphatic rings. The molecule has 4 aliphatic heterocycles. The molecule has 184 valence electrons. The van der Waals surface area contributed by atoms with Gasteiger partial charge in [-0.1, -0.05) is 26.2 Å². The molecule has 4 rings (SSSR count). The van der Waals surface area contributed by atoms with E-state index in [-0.39, 0.29) is 24.2 Å². The molecule has 0 aromatic rings. The molecule has 2 bridgehead atoms. The fourth-order valence-corrected chi connectivity index (χ4v) is 8.34. The third-order valence-corrected chi connectivity index (χ3v) is 9.42. The monoisotopic (exact) mass is 489 g/mol. The Bertz CT molecular complexity index is 791. The Kier molecular flexibility index (Phi) is 8.33. The van der Waals surface area contributed by atoms with Crippen molar-refractivity contribution in [1.29, 1.82) is 0 Å². The first kappa shape index (κ1) is 25.9. The first-order chi connectivity index (χ1) is 14.8. The number of ketones is 1. The number of carbonyl (C=O) groups excluding carboxylic acids is 2. The number of fused-ring (bicyclic) bond motifs is 3. The maximum Gasteiger partial charge on any atom is 0.241 e. The van der Waals surface area contributed by atoms with E-state index in [2.05, 4.69) is 10.2 Å². The van der Waals surface area contributed by atoms with E-state index >= 15 is 0 Å². The van der Waals surface area contributed by atoms with E-state index in [0.29, 0.717) is 25.8 Å². The Hall–Kier alpha value is -0.700. The molecule has 0 aromatic heterocycles. The molecule has 32 heavy (non-hydrogen) atoms. The summed E-state index contributed by atoms with van der Waals surface area (Å²) in [6, 6.07) is 1.16. The lowest BCUT2D eigenvalue weighted by Crippen LogP contribution is -2.58. The third kappa shape index (κ3) is 4.49. The Labute approximate surface area is 199 Å². The SMILES string of the molecule is CCCC1C(=O)N(S(C)(=O)=O)C2(C(=O)CCCCCN3C4CCCC3CC4)CCNC12.Cl. The minimum Gasteiger partial charge on any atom is -0.310 e. The Morgan fingerprint density at radius 2 is 1.81 bits per heavy atom. The fraction of sp³-hybridized carbons (Fsp3) is 0.913. The molecule has 4 saturated heterocycles. The van der Waals surface area contributed by atoms with Gasteiger partial charge in [0, 0.05) is 18.5 Å². The van der Waals surface area contributed by atoms with Gasteiger partial charge in [-0.15, -0.1) is 12.4 Å². The van der Waals surface area contributed by atoms with Crippen molar-refractivity contribution in [3.63, 3.8) is 0 Å². The molecule has 0 saturated carbocycles. The number of sulfonamides is 1. The largest absolute Gasteiger partial charge is 0.310 e. The summed E-state index contributed by atoms with van der Waals surface area (Å²) >= 11 is 0. The quantitative estimate of drug-likeness (QED) is 0.475. The van der Waals surface area contributed by atoms with Crippen LogP contribution >= 0.6 is 12.4 Å². The second-order valence-corrected chi connectivity index (χ2v) is 12.0. The average Bonchev–Trinajstić information content (AvgIpc) is 3.29. The summed E-state index contributed by atoms with van der Waals surface area (Å²) in [5.74, 6) is -0.894. The molecule has 7 nitrogen and oxygen atoms in total. The highest BCUT2D eigenvalue weighted by Crippen LogP contribution is 2.45. The fourth-order valence-electron chi connectivity index (χ4n) is 6.98. The first-order valence-electron chi connectivity index (χ1n) is 12.4. The molecule has 4 fully saturated rings. The molecule has 0 aliphatic carbocycles. The van der Waals surface area contributed by atoms with Crippen LogP contribution in [0.5, 0.6) is 0 Å². The van der Waals surface area contributed by atoms with E-state index in [0.717, 1.165) is 54.9 Å². The van der Waals surface area contributed by atoms with Crippen molar-refractivity contribution < 1.29 is 18.0 Å². The highest BCUT2D eigenvalue weighted by molar-refractivity contribution is 7.89. The van der Waals surface area contributed by atoms with Crippen LogP contribution in [0.1, 0.15) is 84.0 Å². The molecule has 0 aromatic carbocycles. The van der Waals surface area contributed by atoms with Crippen molar-refractivity contribution >= 4 is 34.1 Å². The van der Waals surface area contributed by atoms with Gasteiger partial charge in [-0.3, -0.25) is 14.5 Å². The molecule has 0 spiro atoms. The van der Waals surface area contributed by atoms with E-state index in [4.69, 9.17) is 0 Å². The zero-order chi connectivity index (χ0) is 22.2. The summed E-state index contributed by atoms with van der Waals surface area (Å²) in [7, 11) is -3.80. The number of nitrogens with one attached hydrogen (secondary N) is 1. The van der Waals surface area contributed by atoms with E-state index in [1.807, 2.05) is 6.92 Å². The maximum atomic E-state index is 13.5. The van der Waals surface area contributed by atoms with Gasteiger partial charge in [0.2, 0.25) is 15.9 Å². The summed E-state index contributed by atoms with van der Waals surface area (Å²) in [5, 5.41) is 3.31. The zero-order valence-electron chi connectivity index (χ0n) is 19.6. The first-order valence-corrected chi connectivity index (χ1v) is 14.2. The van der Waals surface area contributed by atoms with Gasteiger partial charge in [0.25, 0.3) is 0 Å². The average molecular weight is 490 g/mol. The molecule has 1 amide bonds. The Balaban J connectivity index is 0.00000289. The lowest BCUT2D eigenvalue weighted by molar-refractivity contribution is -0.135. The topological polar surface area (TPSA) is 86.8 Å². The van der Waals surface area contributed by atoms with Crippen molar-refractivity contribution in [3.8, 4) is 0 Å². The molecule has 4 heterocycles. The number of halogens is 1. The number of nitrogens with zero attached hydrogens (tertiary/aromatic N) is 2. The number of piperidine rings is 1. The number of rotatable bonds is 10. The lowest BCUT2D eigenvalue weighted by Gasteiger charge is -2.35. The minimum atomic E-state index is -3.80. The van der Waals surface area contributed by atoms with Crippen molar-refractivity contribution in [2.24, 2.45) is 5.92 Å². The van der Waals surface area contributed by atoms with E-state index < -0.39 is 27.4 Å². The molecule has 1 N–H and O–H groups in total. The van der Waals surface area contributed by atoms with Crippen LogP contribution in [0.15, 0.2) is 0 Å². The molecule has 5 unspecified atom stereocenters. The van der Waals surface area contributed by atoms with E-state index in [1.165, 1.54) is 32.1 Å². The maximum absolute atomic E-state index is 13.5. The van der Waals surface area contributed by atoms with Crippen molar-refractivity contribution in [1.82, 2.24) is 14.5 Å². The second-order valence-electron chi connectivity index (χ2n) is 10.2. The minimum absolute atomic E-state index is 0. The van der Waals surface area contributed by atoms with Crippen molar-refractivity contribution in [2.75, 3.05) is 19.3 Å². The predicted molar refractivity (Wildman–Crippen MR) is 127 cm³/mol. The molecule has 5 atom stereocenters. The van der Waals surface area contributed by atoms with Crippen LogP contribution in [-0.2, 0) is 19.6 Å². The van der Waals surface area contributed by atoms with Crippen LogP contribution in [0.2, 0.25) is 0 Å². The lowest BCUT2D eigenvalue weighted by atomic mass is 9.81. The van der Waals surface area contributed by atoms with Crippen LogP contribution in [-0.4, -0.2) is 72.3 Å². The summed E-state index contributed by atoms with van der Waals surface area (Å²) in [4.78, 5) is 29.2. The summed E-state index contributed by atoms with van der Waals surface area (Å²) in [5.41, 5.74) is -1.21. The van der Waals surface area contributed by atoms with Gasteiger partial charge < -0.3 is 5.32 Å². The van der Waals surface area contributed by atoms with Crippen LogP contribution in [0.3, 0.4) is 0 Å². The molecular formula is C23H40ClN3O4S. The standard InChI is InChI=1S/C23H39N3O4S.ClH/c1-3-8-19-21-23(14-15-24-21,26(22(19)28)31(2,29)30)20(27)11-5-4-6-16-25-17-9-7-10-18(25)13-12-17;/h17-19,21,24H,3-16H2,1-2H3;1H. The Morgan fingerprint density at radius 1 is 1.12 bits per heavy atom. The van der Waals surface area contributed by atoms with E-state index in [9.17, 15) is 18.0 Å². The van der Waals surface area contributed by atoms with Crippen molar-refractivity contribution in [2.45, 2.75) is 108 Å². The van der Waals surface area contributed by atoms with Gasteiger partial charge in [0.15, 0.2) is 5.78 Å². The van der Waals surface area contributed by atoms with Crippen molar-refractivity contribution in [3.05, 3.63) is 0 Å². The molecular weight excluding hydrogens is 450 g/mol. The summed E-state index contributed by atoms with van der Waals surface area (Å²) < 4.78 is 26.1. The number of hydrogen-bond donors (Lipinski definition) is 1. The van der Waals surface area contributed by atoms with E-state index in [1.54, 1.807) is 0 Å². The van der Waals surface area contributed by atoms with Crippen LogP contribution < -0.4 is 5.32 Å². The molecule has 9 heteroatoms. The normalized spacial score (nSPS) is 34.6. The zero-order valence-corrected chi connectivity index (χ0v) is 21.2. The number of amides is 1. The van der Waals surface area contributed by atoms with Crippen LogP contribution in [0.25, 0.3) is 0 Å². The van der Waals surface area contributed by atoms with Crippen LogP contribution in [0.4, 0.5) is 0 Å². The Morgan fingerprint density at radius 3 is 2.44 bits per heavy atom. The van der Waals surface area contributed by atoms with Gasteiger partial charge in [-0.05, 0) is 64.5 Å². The summed E-state index contributed by atoms with van der Waals surface area (Å²) in [6.07, 6.45) is 12.7. The number of unbranched alkanes of at least 4 members (excludes halogenated alkanes) is 2. The highest BCUT2D eigenvalue weighted by Gasteiger charge is 2.66.